The van der Waals surface area contributed by atoms with E-state index in [9.17, 15) is 18.5 Å². The lowest BCUT2D eigenvalue weighted by Crippen LogP contribution is -2.30. The van der Waals surface area contributed by atoms with E-state index in [1.54, 1.807) is 47.9 Å². The number of nitrogens with one attached hydrogen (secondary N) is 1. The molecule has 0 unspecified atom stereocenters. The lowest BCUT2D eigenvalue weighted by Gasteiger charge is -2.11. The maximum atomic E-state index is 12.0. The summed E-state index contributed by atoms with van der Waals surface area (Å²) in [5, 5.41) is 27.6. The maximum absolute atomic E-state index is 12.0. The fraction of sp³-hybridized carbons (Fsp3) is 0.150. The van der Waals surface area contributed by atoms with Crippen molar-refractivity contribution in [1.29, 1.82) is 0 Å². The van der Waals surface area contributed by atoms with Crippen LogP contribution in [-0.4, -0.2) is 52.2 Å². The molecule has 0 saturated carbocycles. The average Bonchev–Trinajstić information content (AvgIpc) is 3.12. The summed E-state index contributed by atoms with van der Waals surface area (Å²) >= 11 is 0. The molecule has 13 heteroatoms. The summed E-state index contributed by atoms with van der Waals surface area (Å²) in [5.41, 5.74) is 2.39. The van der Waals surface area contributed by atoms with Gasteiger partial charge >= 0.3 is 13.1 Å². The smallest absolute Gasteiger partial charge is 0.467 e. The summed E-state index contributed by atoms with van der Waals surface area (Å²) in [7, 11) is -4.07. The molecule has 0 bridgehead atoms. The van der Waals surface area contributed by atoms with Crippen LogP contribution < -0.4 is 20.7 Å². The molecule has 33 heavy (non-hydrogen) atoms. The highest BCUT2D eigenvalue weighted by atomic mass is 32.2. The minimum absolute atomic E-state index is 0.00664. The number of ether oxygens (including phenoxy) is 1. The molecule has 0 saturated heterocycles. The van der Waals surface area contributed by atoms with Crippen molar-refractivity contribution >= 4 is 39.5 Å². The molecule has 170 valence electrons. The third-order valence-electron chi connectivity index (χ3n) is 4.98. The van der Waals surface area contributed by atoms with Gasteiger partial charge in [-0.2, -0.15) is 15.0 Å². The van der Waals surface area contributed by atoms with Gasteiger partial charge in [0.2, 0.25) is 21.9 Å². The average molecular weight is 468 g/mol. The topological polar surface area (TPSA) is 165 Å². The zero-order valence-corrected chi connectivity index (χ0v) is 18.6. The van der Waals surface area contributed by atoms with Crippen LogP contribution in [0.5, 0.6) is 6.01 Å². The minimum Gasteiger partial charge on any atom is -0.467 e. The Labute approximate surface area is 190 Å². The van der Waals surface area contributed by atoms with Crippen molar-refractivity contribution in [1.82, 2.24) is 19.5 Å². The zero-order chi connectivity index (χ0) is 23.8. The van der Waals surface area contributed by atoms with Gasteiger partial charge in [0.1, 0.15) is 0 Å². The lowest BCUT2D eigenvalue weighted by molar-refractivity contribution is 0.378. The lowest BCUT2D eigenvalue weighted by atomic mass is 9.80. The highest BCUT2D eigenvalue weighted by Gasteiger charge is 2.19. The van der Waals surface area contributed by atoms with Crippen molar-refractivity contribution in [2.24, 2.45) is 5.14 Å². The van der Waals surface area contributed by atoms with Gasteiger partial charge in [-0.15, -0.1) is 0 Å². The van der Waals surface area contributed by atoms with E-state index in [-0.39, 0.29) is 22.8 Å². The van der Waals surface area contributed by atoms with Crippen LogP contribution in [0.3, 0.4) is 0 Å². The number of nitrogens with zero attached hydrogens (tertiary/aromatic N) is 4. The second-order valence-electron chi connectivity index (χ2n) is 7.27. The van der Waals surface area contributed by atoms with Gasteiger partial charge in [0.15, 0.2) is 0 Å². The summed E-state index contributed by atoms with van der Waals surface area (Å²) in [6.07, 6.45) is 0. The van der Waals surface area contributed by atoms with Crippen LogP contribution in [0.4, 0.5) is 5.95 Å². The van der Waals surface area contributed by atoms with Crippen molar-refractivity contribution < 1.29 is 23.2 Å². The standard InChI is InChI=1S/C20H21BN6O5S/c1-12-9-15-16(7-4-8-17(15)33(22,30)31)27(12)19-24-18(25-20(26-19)32-2)23-11-13-5-3-6-14(10-13)21(28)29/h3-10,28-29H,11H2,1-2H3,(H2,22,30,31)(H,23,24,25,26). The van der Waals surface area contributed by atoms with Crippen LogP contribution in [0.15, 0.2) is 53.4 Å². The number of benzene rings is 2. The molecule has 4 rings (SSSR count). The van der Waals surface area contributed by atoms with Crippen LogP contribution >= 0.6 is 0 Å². The van der Waals surface area contributed by atoms with Crippen LogP contribution in [0.25, 0.3) is 16.9 Å². The summed E-state index contributed by atoms with van der Waals surface area (Å²) < 4.78 is 30.9. The summed E-state index contributed by atoms with van der Waals surface area (Å²) in [6.45, 7) is 2.09. The molecule has 0 aliphatic heterocycles. The number of fused-ring (bicyclic) bond motifs is 1. The number of rotatable bonds is 7. The van der Waals surface area contributed by atoms with Crippen molar-refractivity contribution in [2.75, 3.05) is 12.4 Å². The van der Waals surface area contributed by atoms with Crippen LogP contribution in [0.1, 0.15) is 11.3 Å². The minimum atomic E-state index is -3.92. The number of anilines is 1. The van der Waals surface area contributed by atoms with Crippen molar-refractivity contribution in [3.05, 3.63) is 59.8 Å². The Bertz CT molecular complexity index is 1440. The first-order valence-corrected chi connectivity index (χ1v) is 11.3. The zero-order valence-electron chi connectivity index (χ0n) is 17.8. The predicted octanol–water partition coefficient (Wildman–Crippen LogP) is 0.0718. The first-order chi connectivity index (χ1) is 15.7. The van der Waals surface area contributed by atoms with Gasteiger partial charge in [0.25, 0.3) is 0 Å². The molecular weight excluding hydrogens is 447 g/mol. The predicted molar refractivity (Wildman–Crippen MR) is 123 cm³/mol. The Kier molecular flexibility index (Phi) is 6.04. The number of primary sulfonamides is 1. The Morgan fingerprint density at radius 1 is 1.12 bits per heavy atom. The van der Waals surface area contributed by atoms with E-state index in [4.69, 9.17) is 9.88 Å². The molecule has 0 fully saturated rings. The fourth-order valence-electron chi connectivity index (χ4n) is 3.51. The van der Waals surface area contributed by atoms with Gasteiger partial charge in [-0.05, 0) is 36.1 Å². The van der Waals surface area contributed by atoms with E-state index in [1.807, 2.05) is 6.07 Å². The van der Waals surface area contributed by atoms with E-state index in [0.717, 1.165) is 5.56 Å². The van der Waals surface area contributed by atoms with E-state index in [1.165, 1.54) is 13.2 Å². The van der Waals surface area contributed by atoms with E-state index in [0.29, 0.717) is 28.6 Å². The van der Waals surface area contributed by atoms with Crippen LogP contribution in [-0.2, 0) is 16.6 Å². The Hall–Kier alpha value is -3.52. The largest absolute Gasteiger partial charge is 0.488 e. The van der Waals surface area contributed by atoms with Gasteiger partial charge in [-0.1, -0.05) is 30.3 Å². The summed E-state index contributed by atoms with van der Waals surface area (Å²) in [5.74, 6) is 0.443. The first-order valence-electron chi connectivity index (χ1n) is 9.80. The van der Waals surface area contributed by atoms with E-state index >= 15 is 0 Å². The van der Waals surface area contributed by atoms with Gasteiger partial charge in [0, 0.05) is 17.6 Å². The van der Waals surface area contributed by atoms with Crippen LogP contribution in [0, 0.1) is 6.92 Å². The van der Waals surface area contributed by atoms with E-state index in [2.05, 4.69) is 20.3 Å². The van der Waals surface area contributed by atoms with Crippen molar-refractivity contribution in [2.45, 2.75) is 18.4 Å². The maximum Gasteiger partial charge on any atom is 0.488 e. The second kappa shape index (κ2) is 8.79. The highest BCUT2D eigenvalue weighted by Crippen LogP contribution is 2.28. The fourth-order valence-corrected chi connectivity index (χ4v) is 4.25. The number of aromatic nitrogens is 4. The molecule has 2 aromatic heterocycles. The summed E-state index contributed by atoms with van der Waals surface area (Å²) in [6, 6.07) is 13.3. The monoisotopic (exact) mass is 468 g/mol. The van der Waals surface area contributed by atoms with Crippen molar-refractivity contribution in [3.63, 3.8) is 0 Å². The molecule has 5 N–H and O–H groups in total. The normalized spacial score (nSPS) is 11.5. The molecule has 0 aliphatic rings. The highest BCUT2D eigenvalue weighted by molar-refractivity contribution is 7.89. The summed E-state index contributed by atoms with van der Waals surface area (Å²) in [4.78, 5) is 13.0. The van der Waals surface area contributed by atoms with Gasteiger partial charge in [-0.25, -0.2) is 13.6 Å². The van der Waals surface area contributed by atoms with Crippen LogP contribution in [0.2, 0.25) is 0 Å². The molecule has 11 nitrogen and oxygen atoms in total. The van der Waals surface area contributed by atoms with Gasteiger partial charge < -0.3 is 20.1 Å². The van der Waals surface area contributed by atoms with Gasteiger partial charge in [0.05, 0.1) is 17.5 Å². The number of hydrogen-bond acceptors (Lipinski definition) is 9. The number of methoxy groups -OCH3 is 1. The number of hydrogen-bond donors (Lipinski definition) is 4. The first kappa shape index (κ1) is 22.7. The number of aryl methyl sites for hydroxylation is 1. The Morgan fingerprint density at radius 2 is 1.88 bits per heavy atom. The SMILES string of the molecule is COc1nc(NCc2cccc(B(O)O)c2)nc(-n2c(C)cc3c(S(N)(=O)=O)cccc32)n1. The molecule has 2 aromatic carbocycles. The molecule has 0 amide bonds. The Morgan fingerprint density at radius 3 is 2.58 bits per heavy atom. The molecule has 0 atom stereocenters. The third kappa shape index (κ3) is 4.66. The Balaban J connectivity index is 1.74. The van der Waals surface area contributed by atoms with E-state index < -0.39 is 17.1 Å². The second-order valence-corrected chi connectivity index (χ2v) is 8.80. The molecule has 0 aliphatic carbocycles. The molecule has 4 aromatic rings. The quantitative estimate of drug-likeness (QED) is 0.275. The molecule has 0 spiro atoms. The number of sulfonamides is 1. The molecule has 0 radical (unpaired) electrons. The third-order valence-corrected chi connectivity index (χ3v) is 5.95. The number of nitrogens with two attached hydrogens (primary N) is 1. The molecular formula is C20H21BN6O5S. The van der Waals surface area contributed by atoms with Crippen molar-refractivity contribution in [3.8, 4) is 12.0 Å². The molecule has 2 heterocycles. The van der Waals surface area contributed by atoms with Gasteiger partial charge in [-0.3, -0.25) is 4.57 Å².